The number of likely N-dealkylation sites (tertiary alicyclic amines) is 1. The van der Waals surface area contributed by atoms with Crippen LogP contribution in [0.4, 0.5) is 4.79 Å². The van der Waals surface area contributed by atoms with Crippen molar-refractivity contribution in [3.05, 3.63) is 94.8 Å². The van der Waals surface area contributed by atoms with Crippen molar-refractivity contribution >= 4 is 11.6 Å². The molecule has 2 aromatic rings. The Kier molecular flexibility index (Phi) is 13.0. The summed E-state index contributed by atoms with van der Waals surface area (Å²) in [6, 6.07) is 16.8. The van der Waals surface area contributed by atoms with E-state index >= 15 is 0 Å². The quantitative estimate of drug-likeness (QED) is 0.217. The van der Waals surface area contributed by atoms with E-state index in [1.165, 1.54) is 24.0 Å². The molecule has 2 aromatic carbocycles. The number of unbranched alkanes of at least 4 members (excludes halogenated alkanes) is 1. The average molecular weight is 586 g/mol. The molecule has 5 heteroatoms. The number of urea groups is 1. The smallest absolute Gasteiger partial charge is 0.321 e. The van der Waals surface area contributed by atoms with Crippen molar-refractivity contribution in [2.75, 3.05) is 20.2 Å². The zero-order chi connectivity index (χ0) is 31.4. The van der Waals surface area contributed by atoms with Gasteiger partial charge in [0, 0.05) is 13.1 Å². The molecule has 0 saturated carbocycles. The predicted octanol–water partition coefficient (Wildman–Crippen LogP) is 9.04. The van der Waals surface area contributed by atoms with Crippen molar-refractivity contribution in [1.82, 2.24) is 10.2 Å². The highest BCUT2D eigenvalue weighted by Crippen LogP contribution is 2.43. The summed E-state index contributed by atoms with van der Waals surface area (Å²) in [5, 5.41) is 3.16. The Balaban J connectivity index is 1.67. The minimum atomic E-state index is -0.0502. The van der Waals surface area contributed by atoms with Crippen molar-refractivity contribution in [2.24, 2.45) is 23.0 Å². The number of nitrogens with one attached hydrogen (secondary N) is 1. The van der Waals surface area contributed by atoms with Gasteiger partial charge in [-0.25, -0.2) is 4.79 Å². The van der Waals surface area contributed by atoms with Gasteiger partial charge in [-0.15, -0.1) is 0 Å². The van der Waals surface area contributed by atoms with Crippen LogP contribution in [0, 0.1) is 24.2 Å². The van der Waals surface area contributed by atoms with Gasteiger partial charge < -0.3 is 20.7 Å². The van der Waals surface area contributed by atoms with Crippen LogP contribution in [-0.2, 0) is 6.42 Å². The number of ether oxygens (including phenoxy) is 1. The topological polar surface area (TPSA) is 67.6 Å². The van der Waals surface area contributed by atoms with E-state index in [0.717, 1.165) is 62.1 Å². The number of hydrogen-bond acceptors (Lipinski definition) is 3. The van der Waals surface area contributed by atoms with Gasteiger partial charge in [-0.1, -0.05) is 94.7 Å². The summed E-state index contributed by atoms with van der Waals surface area (Å²) < 4.78 is 5.44. The van der Waals surface area contributed by atoms with Crippen molar-refractivity contribution in [3.63, 3.8) is 0 Å². The number of carbonyl (C=O) groups is 1. The molecule has 1 heterocycles. The molecule has 0 aromatic heterocycles. The lowest BCUT2D eigenvalue weighted by Gasteiger charge is -2.34. The van der Waals surface area contributed by atoms with Gasteiger partial charge in [0.25, 0.3) is 0 Å². The Bertz CT molecular complexity index is 1280. The summed E-state index contributed by atoms with van der Waals surface area (Å²) in [4.78, 5) is 15.6. The van der Waals surface area contributed by atoms with E-state index in [9.17, 15) is 4.79 Å². The summed E-state index contributed by atoms with van der Waals surface area (Å²) in [7, 11) is 1.72. The number of hydrogen-bond donors (Lipinski definition) is 2. The molecular weight excluding hydrogens is 530 g/mol. The van der Waals surface area contributed by atoms with Crippen LogP contribution in [0.15, 0.2) is 78.2 Å². The Hall–Kier alpha value is -3.47. The van der Waals surface area contributed by atoms with E-state index in [-0.39, 0.29) is 11.4 Å². The lowest BCUT2D eigenvalue weighted by Crippen LogP contribution is -2.40. The summed E-state index contributed by atoms with van der Waals surface area (Å²) in [6.45, 7) is 14.8. The van der Waals surface area contributed by atoms with Crippen LogP contribution in [0.1, 0.15) is 89.8 Å². The van der Waals surface area contributed by atoms with E-state index in [1.54, 1.807) is 7.11 Å². The fourth-order valence-corrected chi connectivity index (χ4v) is 6.25. The van der Waals surface area contributed by atoms with E-state index in [4.69, 9.17) is 10.5 Å². The number of nitrogens with two attached hydrogens (primary N) is 1. The largest absolute Gasteiger partial charge is 0.497 e. The van der Waals surface area contributed by atoms with Gasteiger partial charge in [0.1, 0.15) is 5.75 Å². The van der Waals surface area contributed by atoms with Crippen molar-refractivity contribution < 1.29 is 9.53 Å². The van der Waals surface area contributed by atoms with Crippen molar-refractivity contribution in [1.29, 1.82) is 0 Å². The van der Waals surface area contributed by atoms with E-state index < -0.39 is 0 Å². The Morgan fingerprint density at radius 3 is 2.53 bits per heavy atom. The number of amides is 2. The van der Waals surface area contributed by atoms with Gasteiger partial charge in [-0.3, -0.25) is 0 Å². The van der Waals surface area contributed by atoms with Crippen LogP contribution >= 0.6 is 0 Å². The zero-order valence-electron chi connectivity index (χ0n) is 27.7. The van der Waals surface area contributed by atoms with E-state index in [0.29, 0.717) is 23.2 Å². The molecule has 0 spiro atoms. The van der Waals surface area contributed by atoms with Crippen LogP contribution in [0.5, 0.6) is 5.75 Å². The molecule has 0 aliphatic carbocycles. The Morgan fingerprint density at radius 2 is 1.86 bits per heavy atom. The van der Waals surface area contributed by atoms with Crippen LogP contribution in [0.25, 0.3) is 5.57 Å². The van der Waals surface area contributed by atoms with Crippen molar-refractivity contribution in [3.8, 4) is 5.75 Å². The Labute approximate surface area is 261 Å². The molecular formula is C38H55N3O2. The fraction of sp³-hybridized carbons (Fsp3) is 0.500. The molecule has 43 heavy (non-hydrogen) atoms. The number of nitrogens with zero attached hydrogens (tertiary/aromatic N) is 1. The molecule has 1 aliphatic heterocycles. The standard InChI is InChI=1S/C38H55N3O2/c1-8-10-21-38(26-31(6)30(5)24-32-13-11-14-34(25-32)43-7)22-23-41(27-38)37(42)40-36(12-9-2)35(39)20-17-29(4)33-18-15-28(3)16-19-33/h11-20,25,30-31H,8-10,21-24,26-27,39H2,1-7H3,(H,40,42)/b29-17+,35-20+,36-12-. The fourth-order valence-electron chi connectivity index (χ4n) is 6.25. The average Bonchev–Trinajstić information content (AvgIpc) is 3.42. The number of allylic oxidation sites excluding steroid dienone is 4. The minimum Gasteiger partial charge on any atom is -0.497 e. The SMILES string of the molecule is CC/C=C(NC(=O)N1CCC(CCCC)(CC(C)C(C)Cc2cccc(OC)c2)C1)/C(N)=C\C=C(/C)c1ccc(C)cc1. The van der Waals surface area contributed by atoms with Crippen LogP contribution in [0.2, 0.25) is 0 Å². The highest BCUT2D eigenvalue weighted by Gasteiger charge is 2.41. The normalized spacial score (nSPS) is 19.3. The van der Waals surface area contributed by atoms with Gasteiger partial charge in [-0.2, -0.15) is 0 Å². The maximum Gasteiger partial charge on any atom is 0.321 e. The number of benzene rings is 2. The molecule has 3 rings (SSSR count). The lowest BCUT2D eigenvalue weighted by atomic mass is 9.71. The highest BCUT2D eigenvalue weighted by molar-refractivity contribution is 5.77. The maximum atomic E-state index is 13.6. The first kappa shape index (κ1) is 34.0. The highest BCUT2D eigenvalue weighted by atomic mass is 16.5. The van der Waals surface area contributed by atoms with E-state index in [1.807, 2.05) is 29.2 Å². The molecule has 2 amide bonds. The Morgan fingerprint density at radius 1 is 1.12 bits per heavy atom. The number of rotatable bonds is 14. The molecule has 0 bridgehead atoms. The summed E-state index contributed by atoms with van der Waals surface area (Å²) in [6.07, 6.45) is 13.4. The molecule has 1 saturated heterocycles. The van der Waals surface area contributed by atoms with Gasteiger partial charge in [-0.05, 0) is 98.1 Å². The summed E-state index contributed by atoms with van der Waals surface area (Å²) in [5.74, 6) is 2.00. The molecule has 1 fully saturated rings. The molecule has 5 nitrogen and oxygen atoms in total. The first-order chi connectivity index (χ1) is 20.6. The second-order valence-electron chi connectivity index (χ2n) is 12.8. The van der Waals surface area contributed by atoms with Crippen molar-refractivity contribution in [2.45, 2.75) is 86.5 Å². The lowest BCUT2D eigenvalue weighted by molar-refractivity contribution is 0.165. The number of aryl methyl sites for hydroxylation is 1. The monoisotopic (exact) mass is 585 g/mol. The second kappa shape index (κ2) is 16.4. The van der Waals surface area contributed by atoms with Crippen LogP contribution in [0.3, 0.4) is 0 Å². The number of methoxy groups -OCH3 is 1. The molecule has 3 unspecified atom stereocenters. The van der Waals surface area contributed by atoms with Gasteiger partial charge in [0.2, 0.25) is 0 Å². The summed E-state index contributed by atoms with van der Waals surface area (Å²) in [5.41, 5.74) is 12.8. The van der Waals surface area contributed by atoms with Gasteiger partial charge >= 0.3 is 6.03 Å². The van der Waals surface area contributed by atoms with Crippen LogP contribution in [-0.4, -0.2) is 31.1 Å². The molecule has 1 aliphatic rings. The van der Waals surface area contributed by atoms with Gasteiger partial charge in [0.15, 0.2) is 0 Å². The summed E-state index contributed by atoms with van der Waals surface area (Å²) >= 11 is 0. The van der Waals surface area contributed by atoms with Gasteiger partial charge in [0.05, 0.1) is 18.5 Å². The molecule has 3 N–H and O–H groups in total. The zero-order valence-corrected chi connectivity index (χ0v) is 27.7. The second-order valence-corrected chi connectivity index (χ2v) is 12.8. The molecule has 3 atom stereocenters. The first-order valence-corrected chi connectivity index (χ1v) is 16.2. The minimum absolute atomic E-state index is 0.0502. The first-order valence-electron chi connectivity index (χ1n) is 16.2. The number of carbonyl (C=O) groups excluding carboxylic acids is 1. The predicted molar refractivity (Wildman–Crippen MR) is 182 cm³/mol. The third-order valence-corrected chi connectivity index (χ3v) is 9.19. The maximum absolute atomic E-state index is 13.6. The third-order valence-electron chi connectivity index (χ3n) is 9.19. The molecule has 234 valence electrons. The van der Waals surface area contributed by atoms with E-state index in [2.05, 4.69) is 89.3 Å². The van der Waals surface area contributed by atoms with Crippen LogP contribution < -0.4 is 15.8 Å². The molecule has 0 radical (unpaired) electrons. The third kappa shape index (κ3) is 10.0.